The summed E-state index contributed by atoms with van der Waals surface area (Å²) in [5, 5.41) is 3.81. The number of hydrogen-bond acceptors (Lipinski definition) is 4. The predicted octanol–water partition coefficient (Wildman–Crippen LogP) is 1.95. The second kappa shape index (κ2) is 9.09. The molecule has 21 heavy (non-hydrogen) atoms. The third kappa shape index (κ3) is 5.51. The first-order valence-electron chi connectivity index (χ1n) is 8.94. The number of rotatable bonds is 8. The van der Waals surface area contributed by atoms with Crippen molar-refractivity contribution < 1.29 is 4.74 Å². The van der Waals surface area contributed by atoms with E-state index in [-0.39, 0.29) is 0 Å². The number of ether oxygens (including phenoxy) is 1. The molecule has 4 nitrogen and oxygen atoms in total. The monoisotopic (exact) mass is 297 g/mol. The summed E-state index contributed by atoms with van der Waals surface area (Å²) in [5.74, 6) is 0. The molecule has 3 unspecified atom stereocenters. The van der Waals surface area contributed by atoms with Gasteiger partial charge in [-0.3, -0.25) is 4.90 Å². The smallest absolute Gasteiger partial charge is 0.0576 e. The van der Waals surface area contributed by atoms with Crippen molar-refractivity contribution in [3.63, 3.8) is 0 Å². The Bertz CT molecular complexity index is 281. The van der Waals surface area contributed by atoms with Gasteiger partial charge in [0, 0.05) is 38.3 Å². The van der Waals surface area contributed by atoms with Gasteiger partial charge in [-0.25, -0.2) is 0 Å². The van der Waals surface area contributed by atoms with Crippen molar-refractivity contribution in [1.29, 1.82) is 0 Å². The van der Waals surface area contributed by atoms with E-state index >= 15 is 0 Å². The van der Waals surface area contributed by atoms with E-state index in [9.17, 15) is 0 Å². The van der Waals surface area contributed by atoms with Crippen LogP contribution in [0.15, 0.2) is 0 Å². The van der Waals surface area contributed by atoms with E-state index in [0.717, 1.165) is 13.2 Å². The number of hydrogen-bond donors (Lipinski definition) is 1. The second-order valence-corrected chi connectivity index (χ2v) is 6.94. The van der Waals surface area contributed by atoms with Gasteiger partial charge in [0.2, 0.25) is 0 Å². The summed E-state index contributed by atoms with van der Waals surface area (Å²) in [6.07, 6.45) is 8.12. The van der Waals surface area contributed by atoms with Crippen molar-refractivity contribution in [2.24, 2.45) is 0 Å². The molecule has 1 N–H and O–H groups in total. The lowest BCUT2D eigenvalue weighted by Crippen LogP contribution is -2.58. The molecule has 2 fully saturated rings. The Hall–Kier alpha value is -0.160. The van der Waals surface area contributed by atoms with Gasteiger partial charge in [0.05, 0.1) is 6.10 Å². The molecule has 0 aliphatic carbocycles. The number of nitrogens with one attached hydrogen (secondary N) is 1. The van der Waals surface area contributed by atoms with Gasteiger partial charge in [0.15, 0.2) is 0 Å². The highest BCUT2D eigenvalue weighted by molar-refractivity contribution is 4.89. The molecule has 0 bridgehead atoms. The van der Waals surface area contributed by atoms with Crippen LogP contribution < -0.4 is 5.32 Å². The molecule has 2 aliphatic heterocycles. The molecule has 2 aliphatic rings. The Morgan fingerprint density at radius 1 is 1.29 bits per heavy atom. The highest BCUT2D eigenvalue weighted by atomic mass is 16.5. The number of nitrogens with zero attached hydrogens (tertiary/aromatic N) is 2. The molecule has 2 rings (SSSR count). The lowest BCUT2D eigenvalue weighted by Gasteiger charge is -2.42. The van der Waals surface area contributed by atoms with E-state index < -0.39 is 0 Å². The highest BCUT2D eigenvalue weighted by Crippen LogP contribution is 2.20. The van der Waals surface area contributed by atoms with Crippen LogP contribution in [0.25, 0.3) is 0 Å². The Kier molecular flexibility index (Phi) is 7.44. The van der Waals surface area contributed by atoms with Gasteiger partial charge < -0.3 is 15.0 Å². The van der Waals surface area contributed by atoms with Crippen LogP contribution in [0.1, 0.15) is 45.4 Å². The molecular formula is C17H35N3O. The normalized spacial score (nSPS) is 29.9. The van der Waals surface area contributed by atoms with E-state index in [2.05, 4.69) is 36.1 Å². The maximum Gasteiger partial charge on any atom is 0.0576 e. The van der Waals surface area contributed by atoms with Gasteiger partial charge in [-0.15, -0.1) is 0 Å². The highest BCUT2D eigenvalue weighted by Gasteiger charge is 2.29. The van der Waals surface area contributed by atoms with Gasteiger partial charge in [0.25, 0.3) is 0 Å². The molecule has 0 amide bonds. The third-order valence-electron chi connectivity index (χ3n) is 5.09. The Labute approximate surface area is 131 Å². The second-order valence-electron chi connectivity index (χ2n) is 6.94. The molecule has 124 valence electrons. The van der Waals surface area contributed by atoms with Crippen LogP contribution >= 0.6 is 0 Å². The zero-order valence-electron chi connectivity index (χ0n) is 14.3. The van der Waals surface area contributed by atoms with Gasteiger partial charge in [-0.2, -0.15) is 0 Å². The minimum Gasteiger partial charge on any atom is -0.378 e. The molecule has 2 saturated heterocycles. The minimum absolute atomic E-state index is 0.545. The fourth-order valence-electron chi connectivity index (χ4n) is 3.68. The zero-order valence-corrected chi connectivity index (χ0v) is 14.3. The molecule has 2 heterocycles. The summed E-state index contributed by atoms with van der Waals surface area (Å²) in [4.78, 5) is 5.03. The van der Waals surface area contributed by atoms with Gasteiger partial charge in [-0.05, 0) is 59.2 Å². The minimum atomic E-state index is 0.545. The first kappa shape index (κ1) is 17.2. The van der Waals surface area contributed by atoms with Gasteiger partial charge in [-0.1, -0.05) is 6.92 Å². The standard InChI is InChI=1S/C17H35N3O/c1-4-10-18-16(9-5-7-15-8-6-13-21-15)17-14-19(2)11-12-20(17)3/h15-18H,4-14H2,1-3H3. The average Bonchev–Trinajstić information content (AvgIpc) is 2.99. The summed E-state index contributed by atoms with van der Waals surface area (Å²) in [5.41, 5.74) is 0. The largest absolute Gasteiger partial charge is 0.378 e. The maximum atomic E-state index is 5.76. The Morgan fingerprint density at radius 3 is 2.86 bits per heavy atom. The van der Waals surface area contributed by atoms with Crippen LogP contribution in [0.2, 0.25) is 0 Å². The van der Waals surface area contributed by atoms with Crippen molar-refractivity contribution in [2.75, 3.05) is 46.9 Å². The summed E-state index contributed by atoms with van der Waals surface area (Å²) in [6, 6.07) is 1.28. The van der Waals surface area contributed by atoms with Gasteiger partial charge in [0.1, 0.15) is 0 Å². The summed E-state index contributed by atoms with van der Waals surface area (Å²) < 4.78 is 5.76. The molecule has 0 aromatic heterocycles. The van der Waals surface area contributed by atoms with E-state index in [1.54, 1.807) is 0 Å². The summed E-state index contributed by atoms with van der Waals surface area (Å²) >= 11 is 0. The fraction of sp³-hybridized carbons (Fsp3) is 1.00. The van der Waals surface area contributed by atoms with E-state index in [4.69, 9.17) is 4.74 Å². The van der Waals surface area contributed by atoms with Crippen molar-refractivity contribution in [3.8, 4) is 0 Å². The molecule has 0 radical (unpaired) electrons. The topological polar surface area (TPSA) is 27.7 Å². The SMILES string of the molecule is CCCNC(CCCC1CCCO1)C1CN(C)CCN1C. The molecule has 0 aromatic carbocycles. The van der Waals surface area contributed by atoms with Crippen LogP contribution in [0.5, 0.6) is 0 Å². The zero-order chi connectivity index (χ0) is 15.1. The molecule has 3 atom stereocenters. The van der Waals surface area contributed by atoms with E-state index in [1.807, 2.05) is 0 Å². The van der Waals surface area contributed by atoms with Crippen molar-refractivity contribution >= 4 is 0 Å². The molecule has 0 spiro atoms. The average molecular weight is 297 g/mol. The molecular weight excluding hydrogens is 262 g/mol. The van der Waals surface area contributed by atoms with Crippen LogP contribution in [-0.2, 0) is 4.74 Å². The fourth-order valence-corrected chi connectivity index (χ4v) is 3.68. The van der Waals surface area contributed by atoms with E-state index in [1.165, 1.54) is 58.2 Å². The van der Waals surface area contributed by atoms with Crippen LogP contribution in [0.4, 0.5) is 0 Å². The molecule has 4 heteroatoms. The van der Waals surface area contributed by atoms with Crippen molar-refractivity contribution in [2.45, 2.75) is 63.6 Å². The van der Waals surface area contributed by atoms with Crippen molar-refractivity contribution in [3.05, 3.63) is 0 Å². The molecule has 0 aromatic rings. The molecule has 0 saturated carbocycles. The lowest BCUT2D eigenvalue weighted by molar-refractivity contribution is 0.0782. The maximum absolute atomic E-state index is 5.76. The number of piperazine rings is 1. The van der Waals surface area contributed by atoms with Crippen molar-refractivity contribution in [1.82, 2.24) is 15.1 Å². The lowest BCUT2D eigenvalue weighted by atomic mass is 9.97. The Balaban J connectivity index is 1.80. The first-order valence-corrected chi connectivity index (χ1v) is 8.94. The quantitative estimate of drug-likeness (QED) is 0.741. The van der Waals surface area contributed by atoms with Crippen LogP contribution in [0, 0.1) is 0 Å². The summed E-state index contributed by atoms with van der Waals surface area (Å²) in [7, 11) is 4.54. The van der Waals surface area contributed by atoms with Crippen LogP contribution in [0.3, 0.4) is 0 Å². The predicted molar refractivity (Wildman–Crippen MR) is 88.8 cm³/mol. The van der Waals surface area contributed by atoms with E-state index in [0.29, 0.717) is 18.2 Å². The first-order chi connectivity index (χ1) is 10.2. The number of likely N-dealkylation sites (N-methyl/N-ethyl adjacent to an activating group) is 2. The third-order valence-corrected chi connectivity index (χ3v) is 5.09. The summed E-state index contributed by atoms with van der Waals surface area (Å²) in [6.45, 7) is 7.96. The Morgan fingerprint density at radius 2 is 2.14 bits per heavy atom. The van der Waals surface area contributed by atoms with Gasteiger partial charge >= 0.3 is 0 Å². The van der Waals surface area contributed by atoms with Crippen LogP contribution in [-0.4, -0.2) is 74.9 Å².